The highest BCUT2D eigenvalue weighted by Crippen LogP contribution is 2.35. The largest absolute Gasteiger partial charge is 0.469 e. The van der Waals surface area contributed by atoms with E-state index in [-0.39, 0.29) is 5.97 Å². The second-order valence-electron chi connectivity index (χ2n) is 6.67. The van der Waals surface area contributed by atoms with E-state index in [0.717, 1.165) is 11.8 Å². The fourth-order valence-electron chi connectivity index (χ4n) is 2.25. The Labute approximate surface area is 112 Å². The van der Waals surface area contributed by atoms with Crippen molar-refractivity contribution in [2.45, 2.75) is 59.4 Å². The predicted molar refractivity (Wildman–Crippen MR) is 74.4 cm³/mol. The lowest BCUT2D eigenvalue weighted by Gasteiger charge is -2.26. The lowest BCUT2D eigenvalue weighted by atomic mass is 9.92. The second kappa shape index (κ2) is 6.55. The number of rotatable bonds is 8. The first-order chi connectivity index (χ1) is 8.36. The Bertz CT molecular complexity index is 270. The van der Waals surface area contributed by atoms with E-state index >= 15 is 0 Å². The monoisotopic (exact) mass is 255 g/mol. The zero-order valence-corrected chi connectivity index (χ0v) is 12.6. The first kappa shape index (κ1) is 15.5. The number of carbonyl (C=O) groups excluding carboxylic acids is 1. The first-order valence-corrected chi connectivity index (χ1v) is 7.18. The topological polar surface area (TPSA) is 38.3 Å². The van der Waals surface area contributed by atoms with Gasteiger partial charge in [0.2, 0.25) is 0 Å². The minimum Gasteiger partial charge on any atom is -0.469 e. The maximum Gasteiger partial charge on any atom is 0.312 e. The fraction of sp³-hybridized carbons (Fsp3) is 0.933. The molecule has 0 bridgehead atoms. The van der Waals surface area contributed by atoms with E-state index in [1.807, 2.05) is 13.8 Å². The van der Waals surface area contributed by atoms with Gasteiger partial charge in [-0.2, -0.15) is 0 Å². The molecule has 3 nitrogen and oxygen atoms in total. The van der Waals surface area contributed by atoms with Gasteiger partial charge in [0.15, 0.2) is 0 Å². The van der Waals surface area contributed by atoms with Crippen molar-refractivity contribution < 1.29 is 9.53 Å². The maximum absolute atomic E-state index is 11.6. The van der Waals surface area contributed by atoms with Crippen LogP contribution in [0.1, 0.15) is 53.4 Å². The summed E-state index contributed by atoms with van der Waals surface area (Å²) in [7, 11) is 1.46. The molecule has 1 aliphatic rings. The number of methoxy groups -OCH3 is 1. The van der Waals surface area contributed by atoms with Crippen LogP contribution in [0.25, 0.3) is 0 Å². The third-order valence-corrected chi connectivity index (χ3v) is 3.79. The van der Waals surface area contributed by atoms with E-state index in [9.17, 15) is 4.79 Å². The Morgan fingerprint density at radius 1 is 1.33 bits per heavy atom. The summed E-state index contributed by atoms with van der Waals surface area (Å²) in [4.78, 5) is 11.6. The quantitative estimate of drug-likeness (QED) is 0.678. The molecule has 0 aromatic rings. The molecule has 1 N–H and O–H groups in total. The Morgan fingerprint density at radius 3 is 2.39 bits per heavy atom. The van der Waals surface area contributed by atoms with Crippen molar-refractivity contribution in [1.82, 2.24) is 5.32 Å². The maximum atomic E-state index is 11.6. The van der Waals surface area contributed by atoms with Crippen LogP contribution in [0.5, 0.6) is 0 Å². The summed E-state index contributed by atoms with van der Waals surface area (Å²) in [5.74, 6) is 1.45. The molecular formula is C15H29NO2. The average molecular weight is 255 g/mol. The molecule has 0 aliphatic heterocycles. The SMILES string of the molecule is COC(=O)C(C)(C)CNC(CCC(C)C)C1CC1. The Kier molecular flexibility index (Phi) is 5.64. The summed E-state index contributed by atoms with van der Waals surface area (Å²) < 4.78 is 4.84. The van der Waals surface area contributed by atoms with Crippen molar-refractivity contribution in [3.05, 3.63) is 0 Å². The van der Waals surface area contributed by atoms with Crippen LogP contribution in [0.4, 0.5) is 0 Å². The zero-order valence-electron chi connectivity index (χ0n) is 12.6. The molecule has 18 heavy (non-hydrogen) atoms. The van der Waals surface area contributed by atoms with Crippen molar-refractivity contribution in [2.75, 3.05) is 13.7 Å². The number of esters is 1. The summed E-state index contributed by atoms with van der Waals surface area (Å²) in [5, 5.41) is 3.59. The Morgan fingerprint density at radius 2 is 1.94 bits per heavy atom. The Balaban J connectivity index is 2.39. The summed E-state index contributed by atoms with van der Waals surface area (Å²) in [5.41, 5.74) is -0.431. The van der Waals surface area contributed by atoms with Crippen molar-refractivity contribution >= 4 is 5.97 Å². The zero-order chi connectivity index (χ0) is 13.8. The van der Waals surface area contributed by atoms with E-state index in [1.165, 1.54) is 32.8 Å². The molecule has 0 heterocycles. The average Bonchev–Trinajstić information content (AvgIpc) is 3.11. The molecule has 0 saturated heterocycles. The van der Waals surface area contributed by atoms with Gasteiger partial charge in [0.25, 0.3) is 0 Å². The molecule has 1 aliphatic carbocycles. The summed E-state index contributed by atoms with van der Waals surface area (Å²) >= 11 is 0. The second-order valence-corrected chi connectivity index (χ2v) is 6.67. The standard InChI is InChI=1S/C15H29NO2/c1-11(2)6-9-13(12-7-8-12)16-10-15(3,4)14(17)18-5/h11-13,16H,6-10H2,1-5H3. The van der Waals surface area contributed by atoms with Crippen molar-refractivity contribution in [1.29, 1.82) is 0 Å². The van der Waals surface area contributed by atoms with Gasteiger partial charge >= 0.3 is 5.97 Å². The highest BCUT2D eigenvalue weighted by molar-refractivity contribution is 5.76. The van der Waals surface area contributed by atoms with Crippen LogP contribution < -0.4 is 5.32 Å². The first-order valence-electron chi connectivity index (χ1n) is 7.18. The number of ether oxygens (including phenoxy) is 1. The van der Waals surface area contributed by atoms with Crippen LogP contribution in [0.2, 0.25) is 0 Å². The molecule has 1 saturated carbocycles. The Hall–Kier alpha value is -0.570. The van der Waals surface area contributed by atoms with E-state index < -0.39 is 5.41 Å². The molecule has 1 fully saturated rings. The molecule has 0 aromatic carbocycles. The summed E-state index contributed by atoms with van der Waals surface area (Å²) in [6.45, 7) is 9.13. The molecule has 0 spiro atoms. The number of hydrogen-bond acceptors (Lipinski definition) is 3. The molecular weight excluding hydrogens is 226 g/mol. The van der Waals surface area contributed by atoms with E-state index in [2.05, 4.69) is 19.2 Å². The third kappa shape index (κ3) is 4.97. The molecule has 1 atom stereocenters. The molecule has 3 heteroatoms. The minimum absolute atomic E-state index is 0.131. The van der Waals surface area contributed by atoms with E-state index in [1.54, 1.807) is 0 Å². The third-order valence-electron chi connectivity index (χ3n) is 3.79. The summed E-state index contributed by atoms with van der Waals surface area (Å²) in [6.07, 6.45) is 5.16. The number of hydrogen-bond donors (Lipinski definition) is 1. The van der Waals surface area contributed by atoms with Gasteiger partial charge in [-0.15, -0.1) is 0 Å². The van der Waals surface area contributed by atoms with Crippen LogP contribution in [0.3, 0.4) is 0 Å². The van der Waals surface area contributed by atoms with Gasteiger partial charge in [0, 0.05) is 12.6 Å². The van der Waals surface area contributed by atoms with Crippen molar-refractivity contribution in [2.24, 2.45) is 17.3 Å². The van der Waals surface area contributed by atoms with Crippen LogP contribution in [0, 0.1) is 17.3 Å². The van der Waals surface area contributed by atoms with Crippen molar-refractivity contribution in [3.8, 4) is 0 Å². The smallest absolute Gasteiger partial charge is 0.312 e. The number of carbonyl (C=O) groups is 1. The molecule has 0 aromatic heterocycles. The van der Waals surface area contributed by atoms with E-state index in [4.69, 9.17) is 4.74 Å². The van der Waals surface area contributed by atoms with E-state index in [0.29, 0.717) is 12.6 Å². The van der Waals surface area contributed by atoms with Gasteiger partial charge < -0.3 is 10.1 Å². The van der Waals surface area contributed by atoms with Crippen molar-refractivity contribution in [3.63, 3.8) is 0 Å². The molecule has 1 rings (SSSR count). The number of nitrogens with one attached hydrogen (secondary N) is 1. The molecule has 0 radical (unpaired) electrons. The minimum atomic E-state index is -0.431. The van der Waals surface area contributed by atoms with Gasteiger partial charge in [0.05, 0.1) is 12.5 Å². The highest BCUT2D eigenvalue weighted by Gasteiger charge is 2.34. The molecule has 0 amide bonds. The van der Waals surface area contributed by atoms with Gasteiger partial charge in [-0.05, 0) is 51.4 Å². The predicted octanol–water partition coefficient (Wildman–Crippen LogP) is 2.99. The van der Waals surface area contributed by atoms with Crippen LogP contribution in [-0.4, -0.2) is 25.7 Å². The van der Waals surface area contributed by atoms with Gasteiger partial charge in [-0.25, -0.2) is 0 Å². The summed E-state index contributed by atoms with van der Waals surface area (Å²) in [6, 6.07) is 0.580. The molecule has 106 valence electrons. The fourth-order valence-corrected chi connectivity index (χ4v) is 2.25. The van der Waals surface area contributed by atoms with Crippen LogP contribution in [-0.2, 0) is 9.53 Å². The van der Waals surface area contributed by atoms with Gasteiger partial charge in [-0.3, -0.25) is 4.79 Å². The molecule has 1 unspecified atom stereocenters. The van der Waals surface area contributed by atoms with Gasteiger partial charge in [-0.1, -0.05) is 13.8 Å². The lowest BCUT2D eigenvalue weighted by Crippen LogP contribution is -2.42. The van der Waals surface area contributed by atoms with Crippen LogP contribution in [0.15, 0.2) is 0 Å². The van der Waals surface area contributed by atoms with Gasteiger partial charge in [0.1, 0.15) is 0 Å². The highest BCUT2D eigenvalue weighted by atomic mass is 16.5. The van der Waals surface area contributed by atoms with Crippen LogP contribution >= 0.6 is 0 Å². The normalized spacial score (nSPS) is 17.9. The lowest BCUT2D eigenvalue weighted by molar-refractivity contribution is -0.150.